The van der Waals surface area contributed by atoms with Crippen molar-refractivity contribution in [1.82, 2.24) is 4.98 Å². The van der Waals surface area contributed by atoms with Gasteiger partial charge in [-0.1, -0.05) is 44.2 Å². The number of hydrogen-bond acceptors (Lipinski definition) is 3. The molecule has 1 heterocycles. The van der Waals surface area contributed by atoms with Crippen molar-refractivity contribution < 1.29 is 4.79 Å². The van der Waals surface area contributed by atoms with Crippen molar-refractivity contribution in [2.75, 3.05) is 0 Å². The smallest absolute Gasteiger partial charge is 0.175 e. The van der Waals surface area contributed by atoms with Crippen molar-refractivity contribution in [3.05, 3.63) is 40.9 Å². The summed E-state index contributed by atoms with van der Waals surface area (Å²) in [5.74, 6) is 0.251. The first-order valence-corrected chi connectivity index (χ1v) is 6.95. The molecule has 0 radical (unpaired) electrons. The van der Waals surface area contributed by atoms with E-state index < -0.39 is 0 Å². The van der Waals surface area contributed by atoms with Gasteiger partial charge in [0.2, 0.25) is 0 Å². The molecule has 0 saturated heterocycles. The summed E-state index contributed by atoms with van der Waals surface area (Å²) in [5.41, 5.74) is 2.13. The number of nitrogens with zero attached hydrogens (tertiary/aromatic N) is 1. The fourth-order valence-electron chi connectivity index (χ4n) is 2.42. The number of aromatic nitrogens is 1. The standard InChI is InChI=1S/C15H15NOS/c1-15(2)8-11-13(12(17)9-15)18-14(16-11)10-6-4-3-5-7-10/h3-7H,8-9H2,1-2H3. The Morgan fingerprint density at radius 2 is 1.89 bits per heavy atom. The molecule has 0 unspecified atom stereocenters. The van der Waals surface area contributed by atoms with Gasteiger partial charge in [-0.05, 0) is 11.8 Å². The number of carbonyl (C=O) groups is 1. The fourth-order valence-corrected chi connectivity index (χ4v) is 3.45. The molecule has 0 aliphatic heterocycles. The third kappa shape index (κ3) is 1.99. The number of thiazole rings is 1. The predicted molar refractivity (Wildman–Crippen MR) is 74.0 cm³/mol. The van der Waals surface area contributed by atoms with Gasteiger partial charge in [0.05, 0.1) is 10.6 Å². The van der Waals surface area contributed by atoms with E-state index in [0.29, 0.717) is 6.42 Å². The number of ketones is 1. The van der Waals surface area contributed by atoms with Crippen molar-refractivity contribution in [3.8, 4) is 10.6 Å². The van der Waals surface area contributed by atoms with Gasteiger partial charge in [-0.25, -0.2) is 4.98 Å². The van der Waals surface area contributed by atoms with Gasteiger partial charge < -0.3 is 0 Å². The maximum atomic E-state index is 12.1. The molecule has 0 atom stereocenters. The third-order valence-corrected chi connectivity index (χ3v) is 4.44. The molecule has 1 aliphatic rings. The van der Waals surface area contributed by atoms with Crippen molar-refractivity contribution in [2.45, 2.75) is 26.7 Å². The normalized spacial score (nSPS) is 17.6. The Morgan fingerprint density at radius 3 is 2.61 bits per heavy atom. The van der Waals surface area contributed by atoms with Crippen LogP contribution < -0.4 is 0 Å². The van der Waals surface area contributed by atoms with E-state index >= 15 is 0 Å². The molecule has 92 valence electrons. The summed E-state index contributed by atoms with van der Waals surface area (Å²) in [7, 11) is 0. The topological polar surface area (TPSA) is 30.0 Å². The van der Waals surface area contributed by atoms with Crippen LogP contribution >= 0.6 is 11.3 Å². The van der Waals surface area contributed by atoms with Crippen LogP contribution in [0.25, 0.3) is 10.6 Å². The summed E-state index contributed by atoms with van der Waals surface area (Å²) < 4.78 is 0. The summed E-state index contributed by atoms with van der Waals surface area (Å²) in [6.07, 6.45) is 1.54. The van der Waals surface area contributed by atoms with Crippen LogP contribution in [0.1, 0.15) is 35.6 Å². The molecule has 0 spiro atoms. The van der Waals surface area contributed by atoms with E-state index in [9.17, 15) is 4.79 Å². The first-order valence-electron chi connectivity index (χ1n) is 6.13. The van der Waals surface area contributed by atoms with Gasteiger partial charge in [0.25, 0.3) is 0 Å². The highest BCUT2D eigenvalue weighted by atomic mass is 32.1. The minimum atomic E-state index is 0.0477. The van der Waals surface area contributed by atoms with E-state index in [-0.39, 0.29) is 11.2 Å². The molecule has 2 aromatic rings. The lowest BCUT2D eigenvalue weighted by Crippen LogP contribution is -2.25. The average molecular weight is 257 g/mol. The second-order valence-electron chi connectivity index (χ2n) is 5.60. The van der Waals surface area contributed by atoms with Crippen molar-refractivity contribution >= 4 is 17.1 Å². The van der Waals surface area contributed by atoms with E-state index in [1.54, 1.807) is 0 Å². The molecule has 0 amide bonds. The summed E-state index contributed by atoms with van der Waals surface area (Å²) in [5, 5.41) is 0.964. The predicted octanol–water partition coefficient (Wildman–Crippen LogP) is 3.97. The van der Waals surface area contributed by atoms with Crippen molar-refractivity contribution in [1.29, 1.82) is 0 Å². The Morgan fingerprint density at radius 1 is 1.17 bits per heavy atom. The fraction of sp³-hybridized carbons (Fsp3) is 0.333. The van der Waals surface area contributed by atoms with Crippen LogP contribution in [-0.4, -0.2) is 10.8 Å². The summed E-state index contributed by atoms with van der Waals surface area (Å²) in [6, 6.07) is 10.1. The monoisotopic (exact) mass is 257 g/mol. The first kappa shape index (κ1) is 11.6. The Hall–Kier alpha value is -1.48. The molecule has 1 aromatic carbocycles. The average Bonchev–Trinajstić information content (AvgIpc) is 2.72. The number of benzene rings is 1. The molecule has 0 saturated carbocycles. The number of fused-ring (bicyclic) bond motifs is 1. The molecule has 1 aliphatic carbocycles. The lowest BCUT2D eigenvalue weighted by molar-refractivity contribution is 0.0916. The molecule has 0 N–H and O–H groups in total. The van der Waals surface area contributed by atoms with Gasteiger partial charge in [-0.3, -0.25) is 4.79 Å². The highest BCUT2D eigenvalue weighted by molar-refractivity contribution is 7.17. The van der Waals surface area contributed by atoms with Gasteiger partial charge in [0.1, 0.15) is 5.01 Å². The van der Waals surface area contributed by atoms with E-state index in [1.807, 2.05) is 30.3 Å². The van der Waals surface area contributed by atoms with Crippen LogP contribution in [0.15, 0.2) is 30.3 Å². The molecule has 1 aromatic heterocycles. The Labute approximate surface area is 111 Å². The number of Topliss-reactive ketones (excluding diaryl/α,β-unsaturated/α-hetero) is 1. The Balaban J connectivity index is 2.06. The van der Waals surface area contributed by atoms with Crippen LogP contribution in [-0.2, 0) is 6.42 Å². The maximum Gasteiger partial charge on any atom is 0.175 e. The van der Waals surface area contributed by atoms with Gasteiger partial charge in [-0.15, -0.1) is 11.3 Å². The summed E-state index contributed by atoms with van der Waals surface area (Å²) >= 11 is 1.54. The zero-order valence-corrected chi connectivity index (χ0v) is 11.4. The Kier molecular flexibility index (Phi) is 2.59. The quantitative estimate of drug-likeness (QED) is 0.774. The molecular formula is C15H15NOS. The van der Waals surface area contributed by atoms with Crippen molar-refractivity contribution in [3.63, 3.8) is 0 Å². The van der Waals surface area contributed by atoms with Crippen LogP contribution in [0.3, 0.4) is 0 Å². The van der Waals surface area contributed by atoms with Gasteiger partial charge >= 0.3 is 0 Å². The number of carbonyl (C=O) groups excluding carboxylic acids is 1. The molecule has 2 nitrogen and oxygen atoms in total. The zero-order chi connectivity index (χ0) is 12.8. The van der Waals surface area contributed by atoms with Crippen LogP contribution in [0.4, 0.5) is 0 Å². The number of hydrogen-bond donors (Lipinski definition) is 0. The minimum Gasteiger partial charge on any atom is -0.293 e. The van der Waals surface area contributed by atoms with Crippen LogP contribution in [0.5, 0.6) is 0 Å². The van der Waals surface area contributed by atoms with E-state index in [0.717, 1.165) is 27.6 Å². The second-order valence-corrected chi connectivity index (χ2v) is 6.60. The first-order chi connectivity index (χ1) is 8.55. The second kappa shape index (κ2) is 4.02. The molecule has 3 rings (SSSR count). The molecular weight excluding hydrogens is 242 g/mol. The zero-order valence-electron chi connectivity index (χ0n) is 10.6. The summed E-state index contributed by atoms with van der Waals surface area (Å²) in [6.45, 7) is 4.27. The third-order valence-electron chi connectivity index (χ3n) is 3.26. The minimum absolute atomic E-state index is 0.0477. The highest BCUT2D eigenvalue weighted by Gasteiger charge is 2.33. The molecule has 0 bridgehead atoms. The summed E-state index contributed by atoms with van der Waals surface area (Å²) in [4.78, 5) is 17.6. The van der Waals surface area contributed by atoms with Gasteiger partial charge in [0, 0.05) is 12.0 Å². The number of rotatable bonds is 1. The van der Waals surface area contributed by atoms with Crippen LogP contribution in [0.2, 0.25) is 0 Å². The molecule has 0 fully saturated rings. The molecule has 18 heavy (non-hydrogen) atoms. The largest absolute Gasteiger partial charge is 0.293 e. The lowest BCUT2D eigenvalue weighted by Gasteiger charge is -2.26. The lowest BCUT2D eigenvalue weighted by atomic mass is 9.78. The maximum absolute atomic E-state index is 12.1. The van der Waals surface area contributed by atoms with Gasteiger partial charge in [-0.2, -0.15) is 0 Å². The van der Waals surface area contributed by atoms with E-state index in [4.69, 9.17) is 0 Å². The van der Waals surface area contributed by atoms with E-state index in [2.05, 4.69) is 18.8 Å². The van der Waals surface area contributed by atoms with Crippen LogP contribution in [0, 0.1) is 5.41 Å². The van der Waals surface area contributed by atoms with Gasteiger partial charge in [0.15, 0.2) is 5.78 Å². The van der Waals surface area contributed by atoms with E-state index in [1.165, 1.54) is 11.3 Å². The molecule has 3 heteroatoms. The SMILES string of the molecule is CC1(C)CC(=O)c2sc(-c3ccccc3)nc2C1. The Bertz CT molecular complexity index is 598. The highest BCUT2D eigenvalue weighted by Crippen LogP contribution is 2.39. The van der Waals surface area contributed by atoms with Crippen molar-refractivity contribution in [2.24, 2.45) is 5.41 Å².